The summed E-state index contributed by atoms with van der Waals surface area (Å²) in [6.07, 6.45) is 9.18. The van der Waals surface area contributed by atoms with Gasteiger partial charge in [-0.05, 0) is 45.4 Å². The molecule has 0 unspecified atom stereocenters. The summed E-state index contributed by atoms with van der Waals surface area (Å²) in [5.74, 6) is 0. The third kappa shape index (κ3) is 3.93. The molecular weight excluding hydrogens is 170 g/mol. The Hall–Kier alpha value is -0.820. The lowest BCUT2D eigenvalue weighted by atomic mass is 10.1. The summed E-state index contributed by atoms with van der Waals surface area (Å²) >= 11 is 0. The Balaban J connectivity index is 2.54. The fourth-order valence-electron chi connectivity index (χ4n) is 1.88. The zero-order chi connectivity index (χ0) is 10.4. The number of hydrogen-bond donors (Lipinski definition) is 0. The molecule has 0 bridgehead atoms. The van der Waals surface area contributed by atoms with Gasteiger partial charge in [-0.1, -0.05) is 30.4 Å². The quantitative estimate of drug-likeness (QED) is 0.617. The number of hydrogen-bond acceptors (Lipinski definition) is 1. The van der Waals surface area contributed by atoms with Crippen LogP contribution in [0.25, 0.3) is 0 Å². The maximum absolute atomic E-state index is 3.92. The molecule has 0 aromatic carbocycles. The summed E-state index contributed by atoms with van der Waals surface area (Å²) in [6.45, 7) is 11.6. The van der Waals surface area contributed by atoms with Crippen molar-refractivity contribution in [1.29, 1.82) is 0 Å². The summed E-state index contributed by atoms with van der Waals surface area (Å²) in [6, 6.07) is 0. The van der Waals surface area contributed by atoms with E-state index in [2.05, 4.69) is 36.6 Å². The van der Waals surface area contributed by atoms with Crippen LogP contribution in [0.2, 0.25) is 0 Å². The fraction of sp³-hybridized carbons (Fsp3) is 0.538. The van der Waals surface area contributed by atoms with E-state index in [-0.39, 0.29) is 0 Å². The highest BCUT2D eigenvalue weighted by atomic mass is 15.1. The first-order chi connectivity index (χ1) is 6.72. The van der Waals surface area contributed by atoms with Crippen LogP contribution in [0.15, 0.2) is 36.0 Å². The van der Waals surface area contributed by atoms with Crippen LogP contribution < -0.4 is 0 Å². The van der Waals surface area contributed by atoms with E-state index < -0.39 is 0 Å². The second-order valence-electron chi connectivity index (χ2n) is 4.05. The van der Waals surface area contributed by atoms with Crippen molar-refractivity contribution in [2.45, 2.75) is 26.7 Å². The molecule has 0 saturated carbocycles. The smallest absolute Gasteiger partial charge is 0.0233 e. The molecule has 1 heterocycles. The third-order valence-corrected chi connectivity index (χ3v) is 2.42. The summed E-state index contributed by atoms with van der Waals surface area (Å²) in [5.41, 5.74) is 2.51. The van der Waals surface area contributed by atoms with E-state index in [1.807, 2.05) is 6.92 Å². The largest absolute Gasteiger partial charge is 0.299 e. The van der Waals surface area contributed by atoms with E-state index in [1.54, 1.807) is 0 Å². The summed E-state index contributed by atoms with van der Waals surface area (Å²) in [4.78, 5) is 2.51. The first kappa shape index (κ1) is 11.3. The molecule has 0 aliphatic carbocycles. The van der Waals surface area contributed by atoms with Gasteiger partial charge in [0.15, 0.2) is 0 Å². The van der Waals surface area contributed by atoms with Crippen LogP contribution in [0.3, 0.4) is 0 Å². The van der Waals surface area contributed by atoms with E-state index in [4.69, 9.17) is 0 Å². The molecule has 1 rings (SSSR count). The van der Waals surface area contributed by atoms with E-state index in [0.29, 0.717) is 0 Å². The minimum atomic E-state index is 1.08. The Morgan fingerprint density at radius 1 is 1.36 bits per heavy atom. The monoisotopic (exact) mass is 191 g/mol. The molecule has 1 nitrogen and oxygen atoms in total. The van der Waals surface area contributed by atoms with Crippen LogP contribution in [-0.2, 0) is 0 Å². The fourth-order valence-corrected chi connectivity index (χ4v) is 1.88. The molecule has 1 aliphatic heterocycles. The van der Waals surface area contributed by atoms with Crippen LogP contribution in [-0.4, -0.2) is 24.5 Å². The van der Waals surface area contributed by atoms with Crippen LogP contribution >= 0.6 is 0 Å². The second-order valence-corrected chi connectivity index (χ2v) is 4.05. The van der Waals surface area contributed by atoms with E-state index >= 15 is 0 Å². The first-order valence-electron chi connectivity index (χ1n) is 5.43. The van der Waals surface area contributed by atoms with Crippen LogP contribution in [0, 0.1) is 0 Å². The summed E-state index contributed by atoms with van der Waals surface area (Å²) < 4.78 is 0. The van der Waals surface area contributed by atoms with Crippen molar-refractivity contribution in [3.05, 3.63) is 36.0 Å². The van der Waals surface area contributed by atoms with Crippen LogP contribution in [0.4, 0.5) is 0 Å². The Morgan fingerprint density at radius 3 is 2.50 bits per heavy atom. The van der Waals surface area contributed by atoms with Gasteiger partial charge in [0.25, 0.3) is 0 Å². The molecule has 0 radical (unpaired) electrons. The van der Waals surface area contributed by atoms with Crippen molar-refractivity contribution >= 4 is 0 Å². The van der Waals surface area contributed by atoms with Crippen molar-refractivity contribution in [3.63, 3.8) is 0 Å². The van der Waals surface area contributed by atoms with Gasteiger partial charge in [0.05, 0.1) is 0 Å². The van der Waals surface area contributed by atoms with Gasteiger partial charge < -0.3 is 0 Å². The Kier molecular flexibility index (Phi) is 4.68. The highest BCUT2D eigenvalue weighted by Gasteiger charge is 2.11. The standard InChI is InChI=1S/C13H21N/c1-4-7-13(10-12(2)3)11-14-8-5-6-9-14/h4,7,10H,2,5-6,8-9,11H2,1,3H3/b7-4-,13-10+. The summed E-state index contributed by atoms with van der Waals surface area (Å²) in [7, 11) is 0. The number of nitrogens with zero attached hydrogens (tertiary/aromatic N) is 1. The van der Waals surface area contributed by atoms with Gasteiger partial charge in [-0.3, -0.25) is 4.90 Å². The normalized spacial score (nSPS) is 19.4. The first-order valence-corrected chi connectivity index (χ1v) is 5.43. The predicted molar refractivity (Wildman–Crippen MR) is 63.4 cm³/mol. The van der Waals surface area contributed by atoms with Gasteiger partial charge in [-0.2, -0.15) is 0 Å². The lowest BCUT2D eigenvalue weighted by Crippen LogP contribution is -2.21. The SMILES string of the molecule is C=C(C)/C=C(\C=C/C)CN1CCCC1. The van der Waals surface area contributed by atoms with Gasteiger partial charge in [0, 0.05) is 6.54 Å². The highest BCUT2D eigenvalue weighted by molar-refractivity contribution is 5.28. The lowest BCUT2D eigenvalue weighted by molar-refractivity contribution is 0.371. The third-order valence-electron chi connectivity index (χ3n) is 2.42. The van der Waals surface area contributed by atoms with Gasteiger partial charge >= 0.3 is 0 Å². The zero-order valence-corrected chi connectivity index (χ0v) is 9.42. The maximum Gasteiger partial charge on any atom is 0.0233 e. The van der Waals surface area contributed by atoms with Crippen molar-refractivity contribution in [3.8, 4) is 0 Å². The molecule has 0 amide bonds. The number of rotatable bonds is 4. The predicted octanol–water partition coefficient (Wildman–Crippen LogP) is 3.16. The molecular formula is C13H21N. The molecule has 0 aromatic rings. The van der Waals surface area contributed by atoms with Crippen molar-refractivity contribution < 1.29 is 0 Å². The maximum atomic E-state index is 3.92. The van der Waals surface area contributed by atoms with Crippen molar-refractivity contribution in [2.24, 2.45) is 0 Å². The van der Waals surface area contributed by atoms with Crippen molar-refractivity contribution in [1.82, 2.24) is 4.90 Å². The lowest BCUT2D eigenvalue weighted by Gasteiger charge is -2.15. The zero-order valence-electron chi connectivity index (χ0n) is 9.42. The second kappa shape index (κ2) is 5.82. The molecule has 0 spiro atoms. The minimum absolute atomic E-state index is 1.08. The summed E-state index contributed by atoms with van der Waals surface area (Å²) in [5, 5.41) is 0. The van der Waals surface area contributed by atoms with E-state index in [1.165, 1.54) is 31.5 Å². The molecule has 14 heavy (non-hydrogen) atoms. The number of allylic oxidation sites excluding steroid dienone is 3. The van der Waals surface area contributed by atoms with Gasteiger partial charge in [0.1, 0.15) is 0 Å². The molecule has 0 N–H and O–H groups in total. The average molecular weight is 191 g/mol. The van der Waals surface area contributed by atoms with Crippen molar-refractivity contribution in [2.75, 3.05) is 19.6 Å². The van der Waals surface area contributed by atoms with E-state index in [0.717, 1.165) is 12.1 Å². The van der Waals surface area contributed by atoms with Crippen LogP contribution in [0.5, 0.6) is 0 Å². The molecule has 1 heteroatoms. The Morgan fingerprint density at radius 2 is 2.00 bits per heavy atom. The molecule has 1 fully saturated rings. The molecule has 0 atom stereocenters. The van der Waals surface area contributed by atoms with E-state index in [9.17, 15) is 0 Å². The average Bonchev–Trinajstić information content (AvgIpc) is 2.56. The van der Waals surface area contributed by atoms with Gasteiger partial charge in [-0.15, -0.1) is 0 Å². The number of likely N-dealkylation sites (tertiary alicyclic amines) is 1. The molecule has 78 valence electrons. The van der Waals surface area contributed by atoms with Crippen LogP contribution in [0.1, 0.15) is 26.7 Å². The molecule has 1 aliphatic rings. The highest BCUT2D eigenvalue weighted by Crippen LogP contribution is 2.12. The molecule has 1 saturated heterocycles. The minimum Gasteiger partial charge on any atom is -0.299 e. The topological polar surface area (TPSA) is 3.24 Å². The Bertz CT molecular complexity index is 242. The molecule has 0 aromatic heterocycles. The van der Waals surface area contributed by atoms with Gasteiger partial charge in [0.2, 0.25) is 0 Å². The van der Waals surface area contributed by atoms with Gasteiger partial charge in [-0.25, -0.2) is 0 Å². The Labute approximate surface area is 87.8 Å².